The molecule has 0 atom stereocenters. The molecular formula is C12H26ClNO2. The molecule has 0 fully saturated rings. The van der Waals surface area contributed by atoms with E-state index in [1.165, 1.54) is 38.5 Å². The molecule has 0 aliphatic rings. The lowest BCUT2D eigenvalue weighted by atomic mass is 10.1. The van der Waals surface area contributed by atoms with Crippen molar-refractivity contribution in [3.05, 3.63) is 0 Å². The van der Waals surface area contributed by atoms with Crippen LogP contribution in [0.15, 0.2) is 0 Å². The fraction of sp³-hybridized carbons (Fsp3) is 0.917. The van der Waals surface area contributed by atoms with Gasteiger partial charge in [0, 0.05) is 6.42 Å². The smallest absolute Gasteiger partial charge is 0.221 e. The maximum absolute atomic E-state index is 10.4. The summed E-state index contributed by atoms with van der Waals surface area (Å²) in [5.74, 6) is 0. The van der Waals surface area contributed by atoms with Crippen molar-refractivity contribution in [1.82, 2.24) is 0 Å². The molecule has 4 heteroatoms. The van der Waals surface area contributed by atoms with E-state index in [0.717, 1.165) is 25.8 Å². The highest BCUT2D eigenvalue weighted by Gasteiger charge is 1.96. The number of nitrogens with two attached hydrogens (primary N) is 1. The van der Waals surface area contributed by atoms with Gasteiger partial charge in [-0.3, -0.25) is 4.79 Å². The molecule has 0 saturated carbocycles. The zero-order valence-electron chi connectivity index (χ0n) is 10.1. The predicted octanol–water partition coefficient (Wildman–Crippen LogP) is 2.79. The molecule has 0 radical (unpaired) electrons. The third-order valence-electron chi connectivity index (χ3n) is 2.58. The minimum absolute atomic E-state index is 0. The van der Waals surface area contributed by atoms with Gasteiger partial charge in [0.2, 0.25) is 5.24 Å². The molecule has 0 heterocycles. The van der Waals surface area contributed by atoms with Gasteiger partial charge in [-0.25, -0.2) is 0 Å². The Morgan fingerprint density at radius 2 is 1.19 bits per heavy atom. The van der Waals surface area contributed by atoms with Crippen LogP contribution in [0.4, 0.5) is 0 Å². The molecule has 0 spiro atoms. The molecule has 0 unspecified atom stereocenters. The summed E-state index contributed by atoms with van der Waals surface area (Å²) in [4.78, 5) is 10.4. The third-order valence-corrected chi connectivity index (χ3v) is 2.77. The van der Waals surface area contributed by atoms with Gasteiger partial charge in [0.15, 0.2) is 0 Å². The van der Waals surface area contributed by atoms with Gasteiger partial charge < -0.3 is 11.2 Å². The number of hydrogen-bond donors (Lipinski definition) is 1. The van der Waals surface area contributed by atoms with Gasteiger partial charge in [0.25, 0.3) is 0 Å². The lowest BCUT2D eigenvalue weighted by Gasteiger charge is -2.01. The third kappa shape index (κ3) is 16.3. The minimum Gasteiger partial charge on any atom is -0.412 e. The van der Waals surface area contributed by atoms with E-state index in [0.29, 0.717) is 6.42 Å². The largest absolute Gasteiger partial charge is 0.412 e. The van der Waals surface area contributed by atoms with E-state index in [1.54, 1.807) is 0 Å². The van der Waals surface area contributed by atoms with Crippen molar-refractivity contribution in [2.24, 2.45) is 5.73 Å². The van der Waals surface area contributed by atoms with E-state index >= 15 is 0 Å². The van der Waals surface area contributed by atoms with Crippen molar-refractivity contribution >= 4 is 16.8 Å². The molecule has 0 aromatic heterocycles. The molecule has 0 aliphatic heterocycles. The Balaban J connectivity index is 0. The highest BCUT2D eigenvalue weighted by atomic mass is 35.5. The van der Waals surface area contributed by atoms with E-state index in [4.69, 9.17) is 17.3 Å². The van der Waals surface area contributed by atoms with Crippen LogP contribution in [-0.2, 0) is 4.79 Å². The Labute approximate surface area is 104 Å². The zero-order valence-corrected chi connectivity index (χ0v) is 10.9. The van der Waals surface area contributed by atoms with Gasteiger partial charge in [-0.15, -0.1) is 0 Å². The molecule has 0 aromatic rings. The van der Waals surface area contributed by atoms with Crippen molar-refractivity contribution in [3.8, 4) is 0 Å². The van der Waals surface area contributed by atoms with Crippen molar-refractivity contribution in [1.29, 1.82) is 0 Å². The van der Waals surface area contributed by atoms with E-state index in [-0.39, 0.29) is 10.7 Å². The first-order valence-corrected chi connectivity index (χ1v) is 6.53. The fourth-order valence-corrected chi connectivity index (χ4v) is 1.78. The lowest BCUT2D eigenvalue weighted by Crippen LogP contribution is -1.97. The number of carbonyl (C=O) groups excluding carboxylic acids is 1. The van der Waals surface area contributed by atoms with Crippen LogP contribution in [0.25, 0.3) is 0 Å². The van der Waals surface area contributed by atoms with Gasteiger partial charge in [0.05, 0.1) is 0 Å². The molecular weight excluding hydrogens is 226 g/mol. The van der Waals surface area contributed by atoms with Crippen LogP contribution in [0.3, 0.4) is 0 Å². The zero-order chi connectivity index (χ0) is 11.4. The van der Waals surface area contributed by atoms with E-state index in [9.17, 15) is 4.79 Å². The van der Waals surface area contributed by atoms with Gasteiger partial charge >= 0.3 is 0 Å². The van der Waals surface area contributed by atoms with Crippen molar-refractivity contribution in [2.75, 3.05) is 6.54 Å². The molecule has 4 N–H and O–H groups in total. The summed E-state index contributed by atoms with van der Waals surface area (Å²) in [6, 6.07) is 0. The second-order valence-corrected chi connectivity index (χ2v) is 4.50. The Hall–Kier alpha value is -0.120. The number of halogens is 1. The monoisotopic (exact) mass is 251 g/mol. The van der Waals surface area contributed by atoms with Crippen LogP contribution >= 0.6 is 11.6 Å². The van der Waals surface area contributed by atoms with E-state index < -0.39 is 0 Å². The Kier molecular flexibility index (Phi) is 17.0. The van der Waals surface area contributed by atoms with Crippen LogP contribution in [0.5, 0.6) is 0 Å². The standard InChI is InChI=1S/C12H24ClNO.H2O/c13-12(15)10-8-6-4-2-1-3-5-7-9-11-14;/h1-11,14H2;1H2. The molecule has 0 amide bonds. The van der Waals surface area contributed by atoms with E-state index in [2.05, 4.69) is 0 Å². The summed E-state index contributed by atoms with van der Waals surface area (Å²) in [6.07, 6.45) is 11.6. The molecule has 0 rings (SSSR count). The van der Waals surface area contributed by atoms with Crippen molar-refractivity contribution in [2.45, 2.75) is 64.2 Å². The molecule has 0 saturated heterocycles. The van der Waals surface area contributed by atoms with E-state index in [1.807, 2.05) is 0 Å². The van der Waals surface area contributed by atoms with Gasteiger partial charge in [-0.2, -0.15) is 0 Å². The lowest BCUT2D eigenvalue weighted by molar-refractivity contribution is -0.111. The van der Waals surface area contributed by atoms with Crippen LogP contribution in [-0.4, -0.2) is 17.3 Å². The number of unbranched alkanes of at least 4 members (excludes halogenated alkanes) is 8. The molecule has 3 nitrogen and oxygen atoms in total. The van der Waals surface area contributed by atoms with Crippen LogP contribution in [0, 0.1) is 0 Å². The SMILES string of the molecule is NCCCCCCCCCCCC(=O)Cl.O. The highest BCUT2D eigenvalue weighted by Crippen LogP contribution is 2.10. The molecule has 0 bridgehead atoms. The van der Waals surface area contributed by atoms with Gasteiger partial charge in [-0.05, 0) is 31.0 Å². The first kappa shape index (κ1) is 18.3. The fourth-order valence-electron chi connectivity index (χ4n) is 1.65. The normalized spacial score (nSPS) is 9.88. The van der Waals surface area contributed by atoms with Crippen molar-refractivity contribution in [3.63, 3.8) is 0 Å². The minimum atomic E-state index is -0.197. The van der Waals surface area contributed by atoms with Crippen LogP contribution in [0.1, 0.15) is 64.2 Å². The van der Waals surface area contributed by atoms with Crippen molar-refractivity contribution < 1.29 is 10.3 Å². The summed E-state index contributed by atoms with van der Waals surface area (Å²) >= 11 is 5.24. The number of carbonyl (C=O) groups is 1. The molecule has 0 aromatic carbocycles. The predicted molar refractivity (Wildman–Crippen MR) is 69.7 cm³/mol. The summed E-state index contributed by atoms with van der Waals surface area (Å²) in [5, 5.41) is -0.197. The first-order chi connectivity index (χ1) is 7.27. The van der Waals surface area contributed by atoms with Crippen LogP contribution < -0.4 is 5.73 Å². The van der Waals surface area contributed by atoms with Gasteiger partial charge in [-0.1, -0.05) is 44.9 Å². The Morgan fingerprint density at radius 3 is 1.56 bits per heavy atom. The van der Waals surface area contributed by atoms with Crippen LogP contribution in [0.2, 0.25) is 0 Å². The number of hydrogen-bond acceptors (Lipinski definition) is 2. The first-order valence-electron chi connectivity index (χ1n) is 6.15. The van der Waals surface area contributed by atoms with Gasteiger partial charge in [0.1, 0.15) is 0 Å². The average molecular weight is 252 g/mol. The second-order valence-electron chi connectivity index (χ2n) is 4.08. The molecule has 98 valence electrons. The Morgan fingerprint density at radius 1 is 0.812 bits per heavy atom. The maximum Gasteiger partial charge on any atom is 0.221 e. The highest BCUT2D eigenvalue weighted by molar-refractivity contribution is 6.63. The quantitative estimate of drug-likeness (QED) is 0.453. The number of rotatable bonds is 11. The maximum atomic E-state index is 10.4. The molecule has 0 aliphatic carbocycles. The summed E-state index contributed by atoms with van der Waals surface area (Å²) in [6.45, 7) is 0.826. The summed E-state index contributed by atoms with van der Waals surface area (Å²) in [7, 11) is 0. The summed E-state index contributed by atoms with van der Waals surface area (Å²) < 4.78 is 0. The Bertz CT molecular complexity index is 154. The topological polar surface area (TPSA) is 74.6 Å². The molecule has 16 heavy (non-hydrogen) atoms. The average Bonchev–Trinajstić information content (AvgIpc) is 2.20. The summed E-state index contributed by atoms with van der Waals surface area (Å²) in [5.41, 5.74) is 5.41. The second kappa shape index (κ2) is 14.9.